The third kappa shape index (κ3) is 3.01. The Kier molecular flexibility index (Phi) is 4.43. The average molecular weight is 233 g/mol. The van der Waals surface area contributed by atoms with Crippen molar-refractivity contribution in [2.75, 3.05) is 14.2 Å². The number of likely N-dealkylation sites (N-methyl/N-ethyl adjacent to an activating group) is 1. The molecule has 1 atom stereocenters. The molecule has 1 aliphatic rings. The van der Waals surface area contributed by atoms with E-state index in [2.05, 4.69) is 30.6 Å². The molecule has 0 spiro atoms. The van der Waals surface area contributed by atoms with Crippen molar-refractivity contribution in [2.24, 2.45) is 5.92 Å². The summed E-state index contributed by atoms with van der Waals surface area (Å²) in [5, 5.41) is 3.49. The van der Waals surface area contributed by atoms with E-state index in [-0.39, 0.29) is 0 Å². The number of nitrogens with one attached hydrogen (secondary N) is 1. The molecule has 1 N–H and O–H groups in total. The normalized spacial score (nSPS) is 18.2. The van der Waals surface area contributed by atoms with Gasteiger partial charge in [-0.1, -0.05) is 31.0 Å². The lowest BCUT2D eigenvalue weighted by Crippen LogP contribution is -2.34. The molecular weight excluding hydrogens is 210 g/mol. The molecule has 0 aromatic heterocycles. The molecule has 0 aliphatic heterocycles. The molecule has 0 radical (unpaired) electrons. The van der Waals surface area contributed by atoms with E-state index in [0.29, 0.717) is 6.04 Å². The first-order valence-corrected chi connectivity index (χ1v) is 6.64. The van der Waals surface area contributed by atoms with Gasteiger partial charge in [0, 0.05) is 6.04 Å². The summed E-state index contributed by atoms with van der Waals surface area (Å²) in [6, 6.07) is 8.95. The van der Waals surface area contributed by atoms with Crippen LogP contribution in [-0.2, 0) is 6.42 Å². The summed E-state index contributed by atoms with van der Waals surface area (Å²) in [5.41, 5.74) is 1.32. The van der Waals surface area contributed by atoms with Gasteiger partial charge in [-0.15, -0.1) is 0 Å². The third-order valence-corrected chi connectivity index (χ3v) is 3.97. The lowest BCUT2D eigenvalue weighted by atomic mass is 9.92. The van der Waals surface area contributed by atoms with Crippen molar-refractivity contribution in [3.63, 3.8) is 0 Å². The van der Waals surface area contributed by atoms with Crippen LogP contribution in [0.4, 0.5) is 0 Å². The van der Waals surface area contributed by atoms with Gasteiger partial charge in [-0.2, -0.15) is 0 Å². The maximum Gasteiger partial charge on any atom is 0.122 e. The fraction of sp³-hybridized carbons (Fsp3) is 0.600. The van der Waals surface area contributed by atoms with E-state index in [1.807, 2.05) is 6.07 Å². The average Bonchev–Trinajstić information content (AvgIpc) is 2.90. The van der Waals surface area contributed by atoms with E-state index in [1.54, 1.807) is 7.11 Å². The van der Waals surface area contributed by atoms with Crippen LogP contribution in [0.5, 0.6) is 5.75 Å². The lowest BCUT2D eigenvalue weighted by molar-refractivity contribution is 0.365. The van der Waals surface area contributed by atoms with Crippen molar-refractivity contribution in [1.29, 1.82) is 0 Å². The maximum atomic E-state index is 5.43. The molecule has 0 saturated heterocycles. The predicted molar refractivity (Wildman–Crippen MR) is 71.5 cm³/mol. The predicted octanol–water partition coefficient (Wildman–Crippen LogP) is 3.02. The molecule has 2 nitrogen and oxygen atoms in total. The molecule has 1 aliphatic carbocycles. The quantitative estimate of drug-likeness (QED) is 0.844. The number of methoxy groups -OCH3 is 1. The van der Waals surface area contributed by atoms with Gasteiger partial charge in [0.25, 0.3) is 0 Å². The Balaban J connectivity index is 2.06. The highest BCUT2D eigenvalue weighted by Crippen LogP contribution is 2.30. The van der Waals surface area contributed by atoms with Gasteiger partial charge in [-0.3, -0.25) is 0 Å². The minimum Gasteiger partial charge on any atom is -0.496 e. The van der Waals surface area contributed by atoms with Crippen LogP contribution < -0.4 is 10.1 Å². The zero-order chi connectivity index (χ0) is 12.1. The molecule has 1 unspecified atom stereocenters. The lowest BCUT2D eigenvalue weighted by Gasteiger charge is -2.23. The van der Waals surface area contributed by atoms with Gasteiger partial charge in [-0.05, 0) is 43.9 Å². The van der Waals surface area contributed by atoms with Crippen molar-refractivity contribution in [3.05, 3.63) is 29.8 Å². The Hall–Kier alpha value is -1.02. The Bertz CT molecular complexity index is 345. The maximum absolute atomic E-state index is 5.43. The first-order chi connectivity index (χ1) is 8.35. The highest BCUT2D eigenvalue weighted by Gasteiger charge is 2.24. The second-order valence-electron chi connectivity index (χ2n) is 4.96. The van der Waals surface area contributed by atoms with E-state index in [0.717, 1.165) is 18.1 Å². The molecule has 0 amide bonds. The Morgan fingerprint density at radius 2 is 2.00 bits per heavy atom. The van der Waals surface area contributed by atoms with Crippen LogP contribution in [0.3, 0.4) is 0 Å². The summed E-state index contributed by atoms with van der Waals surface area (Å²) in [6.45, 7) is 0. The second kappa shape index (κ2) is 6.06. The third-order valence-electron chi connectivity index (χ3n) is 3.97. The van der Waals surface area contributed by atoms with Gasteiger partial charge < -0.3 is 10.1 Å². The van der Waals surface area contributed by atoms with Crippen LogP contribution in [0.2, 0.25) is 0 Å². The number of ether oxygens (including phenoxy) is 1. The summed E-state index contributed by atoms with van der Waals surface area (Å²) < 4.78 is 5.43. The zero-order valence-electron chi connectivity index (χ0n) is 10.9. The van der Waals surface area contributed by atoms with Crippen LogP contribution in [0.15, 0.2) is 24.3 Å². The van der Waals surface area contributed by atoms with E-state index < -0.39 is 0 Å². The largest absolute Gasteiger partial charge is 0.496 e. The first-order valence-electron chi connectivity index (χ1n) is 6.64. The number of rotatable bonds is 5. The summed E-state index contributed by atoms with van der Waals surface area (Å²) in [6.07, 6.45) is 6.62. The molecular formula is C15H23NO. The Morgan fingerprint density at radius 3 is 2.65 bits per heavy atom. The van der Waals surface area contributed by atoms with Gasteiger partial charge in [0.15, 0.2) is 0 Å². The molecule has 1 fully saturated rings. The van der Waals surface area contributed by atoms with Gasteiger partial charge >= 0.3 is 0 Å². The van der Waals surface area contributed by atoms with E-state index in [4.69, 9.17) is 4.74 Å². The molecule has 2 heteroatoms. The Morgan fingerprint density at radius 1 is 1.29 bits per heavy atom. The molecule has 1 saturated carbocycles. The summed E-state index contributed by atoms with van der Waals surface area (Å²) in [4.78, 5) is 0. The fourth-order valence-corrected chi connectivity index (χ4v) is 2.97. The van der Waals surface area contributed by atoms with Crippen LogP contribution in [-0.4, -0.2) is 20.2 Å². The highest BCUT2D eigenvalue weighted by molar-refractivity contribution is 5.33. The molecule has 0 bridgehead atoms. The second-order valence-corrected chi connectivity index (χ2v) is 4.96. The van der Waals surface area contributed by atoms with Gasteiger partial charge in [0.2, 0.25) is 0 Å². The number of hydrogen-bond donors (Lipinski definition) is 1. The minimum absolute atomic E-state index is 0.591. The van der Waals surface area contributed by atoms with Crippen molar-refractivity contribution in [3.8, 4) is 5.75 Å². The van der Waals surface area contributed by atoms with Gasteiger partial charge in [-0.25, -0.2) is 0 Å². The van der Waals surface area contributed by atoms with Crippen molar-refractivity contribution in [2.45, 2.75) is 38.1 Å². The summed E-state index contributed by atoms with van der Waals surface area (Å²) in [5.74, 6) is 1.86. The van der Waals surface area contributed by atoms with Crippen LogP contribution in [0.25, 0.3) is 0 Å². The first kappa shape index (κ1) is 12.4. The van der Waals surface area contributed by atoms with Gasteiger partial charge in [0.05, 0.1) is 7.11 Å². The Labute approximate surface area is 104 Å². The number of hydrogen-bond acceptors (Lipinski definition) is 2. The molecule has 1 aromatic rings. The molecule has 94 valence electrons. The molecule has 2 rings (SSSR count). The van der Waals surface area contributed by atoms with Crippen LogP contribution in [0, 0.1) is 5.92 Å². The van der Waals surface area contributed by atoms with E-state index in [1.165, 1.54) is 31.2 Å². The summed E-state index contributed by atoms with van der Waals surface area (Å²) >= 11 is 0. The SMILES string of the molecule is CNC(Cc1ccccc1OC)C1CCCC1. The van der Waals surface area contributed by atoms with Crippen molar-refractivity contribution < 1.29 is 4.74 Å². The zero-order valence-corrected chi connectivity index (χ0v) is 10.9. The molecule has 0 heterocycles. The highest BCUT2D eigenvalue weighted by atomic mass is 16.5. The standard InChI is InChI=1S/C15H23NO/c1-16-14(12-7-3-4-8-12)11-13-9-5-6-10-15(13)17-2/h5-6,9-10,12,14,16H,3-4,7-8,11H2,1-2H3. The van der Waals surface area contributed by atoms with Gasteiger partial charge in [0.1, 0.15) is 5.75 Å². The van der Waals surface area contributed by atoms with Crippen molar-refractivity contribution in [1.82, 2.24) is 5.32 Å². The summed E-state index contributed by atoms with van der Waals surface area (Å²) in [7, 11) is 3.83. The van der Waals surface area contributed by atoms with Crippen LogP contribution in [0.1, 0.15) is 31.2 Å². The number of para-hydroxylation sites is 1. The van der Waals surface area contributed by atoms with Crippen molar-refractivity contribution >= 4 is 0 Å². The monoisotopic (exact) mass is 233 g/mol. The molecule has 1 aromatic carbocycles. The molecule has 17 heavy (non-hydrogen) atoms. The number of benzene rings is 1. The fourth-order valence-electron chi connectivity index (χ4n) is 2.97. The topological polar surface area (TPSA) is 21.3 Å². The minimum atomic E-state index is 0.591. The van der Waals surface area contributed by atoms with Crippen LogP contribution >= 0.6 is 0 Å². The van der Waals surface area contributed by atoms with E-state index >= 15 is 0 Å². The van der Waals surface area contributed by atoms with E-state index in [9.17, 15) is 0 Å². The smallest absolute Gasteiger partial charge is 0.122 e.